The Labute approximate surface area is 147 Å². The van der Waals surface area contributed by atoms with Gasteiger partial charge in [-0.25, -0.2) is 0 Å². The van der Waals surface area contributed by atoms with E-state index >= 15 is 0 Å². The molecule has 25 heavy (non-hydrogen) atoms. The fraction of sp³-hybridized carbons (Fsp3) is 0.300. The zero-order valence-electron chi connectivity index (χ0n) is 14.7. The summed E-state index contributed by atoms with van der Waals surface area (Å²) in [5, 5.41) is 11.8. The highest BCUT2D eigenvalue weighted by molar-refractivity contribution is 6.04. The number of hydrogen-bond donors (Lipinski definition) is 2. The van der Waals surface area contributed by atoms with E-state index in [1.54, 1.807) is 55.5 Å². The molecule has 0 aliphatic rings. The van der Waals surface area contributed by atoms with Gasteiger partial charge in [0.15, 0.2) is 0 Å². The molecule has 2 aromatic carbocycles. The van der Waals surface area contributed by atoms with E-state index in [-0.39, 0.29) is 5.91 Å². The number of carboxylic acid groups (broad SMARTS) is 1. The van der Waals surface area contributed by atoms with Crippen LogP contribution in [0.2, 0.25) is 0 Å². The van der Waals surface area contributed by atoms with Crippen LogP contribution in [0.4, 0.5) is 5.69 Å². The van der Waals surface area contributed by atoms with E-state index in [0.717, 1.165) is 5.75 Å². The van der Waals surface area contributed by atoms with Crippen molar-refractivity contribution in [2.75, 3.05) is 11.9 Å². The molecular formula is C20H23NO4. The minimum atomic E-state index is -0.878. The van der Waals surface area contributed by atoms with Crippen LogP contribution in [-0.4, -0.2) is 23.6 Å². The lowest BCUT2D eigenvalue weighted by atomic mass is 10.0. The van der Waals surface area contributed by atoms with Crippen molar-refractivity contribution in [1.29, 1.82) is 0 Å². The van der Waals surface area contributed by atoms with Crippen LogP contribution in [0, 0.1) is 5.92 Å². The first-order valence-corrected chi connectivity index (χ1v) is 8.24. The largest absolute Gasteiger partial charge is 0.493 e. The molecule has 0 aliphatic heterocycles. The van der Waals surface area contributed by atoms with Gasteiger partial charge >= 0.3 is 5.97 Å². The van der Waals surface area contributed by atoms with E-state index in [1.165, 1.54) is 0 Å². The summed E-state index contributed by atoms with van der Waals surface area (Å²) in [5.41, 5.74) is 1.84. The zero-order valence-corrected chi connectivity index (χ0v) is 14.7. The van der Waals surface area contributed by atoms with Crippen molar-refractivity contribution in [3.8, 4) is 5.75 Å². The van der Waals surface area contributed by atoms with Gasteiger partial charge in [-0.3, -0.25) is 9.59 Å². The van der Waals surface area contributed by atoms with Crippen molar-refractivity contribution in [2.45, 2.75) is 26.7 Å². The molecule has 0 fully saturated rings. The molecule has 0 bridgehead atoms. The van der Waals surface area contributed by atoms with Gasteiger partial charge < -0.3 is 15.2 Å². The van der Waals surface area contributed by atoms with Gasteiger partial charge in [-0.2, -0.15) is 0 Å². The second kappa shape index (κ2) is 8.33. The number of carbonyl (C=O) groups is 2. The van der Waals surface area contributed by atoms with Crippen molar-refractivity contribution < 1.29 is 19.4 Å². The lowest BCUT2D eigenvalue weighted by Crippen LogP contribution is -2.12. The molecule has 0 radical (unpaired) electrons. The smallest absolute Gasteiger partial charge is 0.310 e. The van der Waals surface area contributed by atoms with Crippen molar-refractivity contribution in [3.63, 3.8) is 0 Å². The molecule has 5 nitrogen and oxygen atoms in total. The van der Waals surface area contributed by atoms with Crippen LogP contribution in [0.1, 0.15) is 42.6 Å². The maximum absolute atomic E-state index is 12.3. The molecule has 1 unspecified atom stereocenters. The Morgan fingerprint density at radius 1 is 1.00 bits per heavy atom. The summed E-state index contributed by atoms with van der Waals surface area (Å²) in [6, 6.07) is 13.8. The average molecular weight is 341 g/mol. The minimum absolute atomic E-state index is 0.227. The summed E-state index contributed by atoms with van der Waals surface area (Å²) >= 11 is 0. The first-order valence-electron chi connectivity index (χ1n) is 8.24. The number of anilines is 1. The second-order valence-corrected chi connectivity index (χ2v) is 6.37. The minimum Gasteiger partial charge on any atom is -0.493 e. The Morgan fingerprint density at radius 3 is 2.12 bits per heavy atom. The van der Waals surface area contributed by atoms with Crippen LogP contribution < -0.4 is 10.1 Å². The average Bonchev–Trinajstić information content (AvgIpc) is 2.60. The zero-order chi connectivity index (χ0) is 18.4. The van der Waals surface area contributed by atoms with Crippen molar-refractivity contribution in [3.05, 3.63) is 59.7 Å². The lowest BCUT2D eigenvalue weighted by Gasteiger charge is -2.10. The van der Waals surface area contributed by atoms with Gasteiger partial charge in [0.25, 0.3) is 5.91 Å². The fourth-order valence-corrected chi connectivity index (χ4v) is 2.17. The third-order valence-electron chi connectivity index (χ3n) is 3.74. The molecule has 0 aliphatic carbocycles. The highest BCUT2D eigenvalue weighted by Gasteiger charge is 2.13. The van der Waals surface area contributed by atoms with Gasteiger partial charge in [-0.15, -0.1) is 0 Å². The number of hydrogen-bond acceptors (Lipinski definition) is 3. The quantitative estimate of drug-likeness (QED) is 0.793. The number of amides is 1. The maximum atomic E-state index is 12.3. The monoisotopic (exact) mass is 341 g/mol. The molecule has 5 heteroatoms. The molecule has 0 heterocycles. The van der Waals surface area contributed by atoms with Crippen LogP contribution in [-0.2, 0) is 4.79 Å². The Morgan fingerprint density at radius 2 is 1.60 bits per heavy atom. The Hall–Kier alpha value is -2.82. The van der Waals surface area contributed by atoms with Crippen LogP contribution in [0.3, 0.4) is 0 Å². The van der Waals surface area contributed by atoms with Gasteiger partial charge in [-0.1, -0.05) is 26.0 Å². The number of carbonyl (C=O) groups excluding carboxylic acids is 1. The lowest BCUT2D eigenvalue weighted by molar-refractivity contribution is -0.138. The van der Waals surface area contributed by atoms with Gasteiger partial charge in [0.2, 0.25) is 0 Å². The summed E-state index contributed by atoms with van der Waals surface area (Å²) in [6.45, 7) is 6.40. The Bertz CT molecular complexity index is 720. The number of ether oxygens (including phenoxy) is 1. The summed E-state index contributed by atoms with van der Waals surface area (Å²) in [5.74, 6) is -0.513. The van der Waals surface area contributed by atoms with E-state index in [2.05, 4.69) is 19.2 Å². The summed E-state index contributed by atoms with van der Waals surface area (Å²) < 4.78 is 5.60. The van der Waals surface area contributed by atoms with E-state index < -0.39 is 11.9 Å². The topological polar surface area (TPSA) is 75.6 Å². The van der Waals surface area contributed by atoms with Crippen molar-refractivity contribution in [2.24, 2.45) is 5.92 Å². The van der Waals surface area contributed by atoms with Gasteiger partial charge in [-0.05, 0) is 54.8 Å². The third kappa shape index (κ3) is 5.35. The van der Waals surface area contributed by atoms with E-state index in [4.69, 9.17) is 9.84 Å². The predicted molar refractivity (Wildman–Crippen MR) is 97.2 cm³/mol. The van der Waals surface area contributed by atoms with Crippen LogP contribution in [0.15, 0.2) is 48.5 Å². The Kier molecular flexibility index (Phi) is 6.17. The molecule has 0 saturated carbocycles. The summed E-state index contributed by atoms with van der Waals surface area (Å²) in [7, 11) is 0. The second-order valence-electron chi connectivity index (χ2n) is 6.37. The number of nitrogens with one attached hydrogen (secondary N) is 1. The first kappa shape index (κ1) is 18.5. The molecule has 2 aromatic rings. The number of aliphatic carboxylic acids is 1. The standard InChI is InChI=1S/C20H23NO4/c1-13(2)12-25-18-10-6-16(7-11-18)19(22)21-17-8-4-15(5-9-17)14(3)20(23)24/h4-11,13-14H,12H2,1-3H3,(H,21,22)(H,23,24). The highest BCUT2D eigenvalue weighted by atomic mass is 16.5. The van der Waals surface area contributed by atoms with Crippen LogP contribution in [0.5, 0.6) is 5.75 Å². The SMILES string of the molecule is CC(C)COc1ccc(C(=O)Nc2ccc(C(C)C(=O)O)cc2)cc1. The van der Waals surface area contributed by atoms with Gasteiger partial charge in [0, 0.05) is 11.3 Å². The molecule has 2 rings (SSSR count). The number of rotatable bonds is 7. The van der Waals surface area contributed by atoms with Gasteiger partial charge in [0.05, 0.1) is 12.5 Å². The first-order chi connectivity index (χ1) is 11.9. The molecule has 1 amide bonds. The maximum Gasteiger partial charge on any atom is 0.310 e. The molecule has 0 spiro atoms. The van der Waals surface area contributed by atoms with E-state index in [0.29, 0.717) is 29.3 Å². The van der Waals surface area contributed by atoms with Gasteiger partial charge in [0.1, 0.15) is 5.75 Å². The normalized spacial score (nSPS) is 11.8. The highest BCUT2D eigenvalue weighted by Crippen LogP contribution is 2.19. The Balaban J connectivity index is 1.98. The summed E-state index contributed by atoms with van der Waals surface area (Å²) in [4.78, 5) is 23.3. The van der Waals surface area contributed by atoms with Crippen LogP contribution in [0.25, 0.3) is 0 Å². The molecule has 2 N–H and O–H groups in total. The number of carboxylic acids is 1. The van der Waals surface area contributed by atoms with E-state index in [9.17, 15) is 9.59 Å². The fourth-order valence-electron chi connectivity index (χ4n) is 2.17. The predicted octanol–water partition coefficient (Wildman–Crippen LogP) is 4.16. The van der Waals surface area contributed by atoms with Crippen LogP contribution >= 0.6 is 0 Å². The molecule has 0 aromatic heterocycles. The number of benzene rings is 2. The third-order valence-corrected chi connectivity index (χ3v) is 3.74. The van der Waals surface area contributed by atoms with Crippen molar-refractivity contribution in [1.82, 2.24) is 0 Å². The van der Waals surface area contributed by atoms with Crippen molar-refractivity contribution >= 4 is 17.6 Å². The molecule has 0 saturated heterocycles. The molecule has 132 valence electrons. The molecule has 1 atom stereocenters. The van der Waals surface area contributed by atoms with E-state index in [1.807, 2.05) is 0 Å². The summed E-state index contributed by atoms with van der Waals surface area (Å²) in [6.07, 6.45) is 0. The molecular weight excluding hydrogens is 318 g/mol.